The first-order valence-corrected chi connectivity index (χ1v) is 7.15. The van der Waals surface area contributed by atoms with E-state index in [1.54, 1.807) is 0 Å². The lowest BCUT2D eigenvalue weighted by Gasteiger charge is -2.32. The Labute approximate surface area is 112 Å². The highest BCUT2D eigenvalue weighted by molar-refractivity contribution is 5.36. The van der Waals surface area contributed by atoms with Crippen molar-refractivity contribution in [1.29, 1.82) is 0 Å². The lowest BCUT2D eigenvalue weighted by Crippen LogP contribution is -2.35. The van der Waals surface area contributed by atoms with Gasteiger partial charge in [0.25, 0.3) is 0 Å². The molecule has 2 heteroatoms. The van der Waals surface area contributed by atoms with E-state index in [1.165, 1.54) is 29.5 Å². The number of nitrogens with two attached hydrogens (primary N) is 1. The van der Waals surface area contributed by atoms with Crippen LogP contribution in [-0.2, 0) is 0 Å². The second-order valence-corrected chi connectivity index (χ2v) is 5.09. The van der Waals surface area contributed by atoms with Gasteiger partial charge in [-0.3, -0.25) is 4.90 Å². The van der Waals surface area contributed by atoms with Crippen molar-refractivity contribution < 1.29 is 0 Å². The van der Waals surface area contributed by atoms with Gasteiger partial charge < -0.3 is 5.73 Å². The third-order valence-electron chi connectivity index (χ3n) is 3.56. The van der Waals surface area contributed by atoms with Crippen molar-refractivity contribution >= 4 is 0 Å². The van der Waals surface area contributed by atoms with Crippen molar-refractivity contribution in [2.45, 2.75) is 46.6 Å². The Morgan fingerprint density at radius 1 is 1.06 bits per heavy atom. The zero-order valence-corrected chi connectivity index (χ0v) is 12.4. The van der Waals surface area contributed by atoms with Crippen LogP contribution in [0.1, 0.15) is 49.4 Å². The van der Waals surface area contributed by atoms with E-state index in [4.69, 9.17) is 5.73 Å². The quantitative estimate of drug-likeness (QED) is 0.801. The molecule has 0 fully saturated rings. The zero-order chi connectivity index (χ0) is 13.5. The summed E-state index contributed by atoms with van der Waals surface area (Å²) in [6, 6.07) is 6.89. The summed E-state index contributed by atoms with van der Waals surface area (Å²) in [5, 5.41) is 0. The molecule has 0 aliphatic rings. The van der Waals surface area contributed by atoms with Crippen LogP contribution >= 0.6 is 0 Å². The summed E-state index contributed by atoms with van der Waals surface area (Å²) in [5.74, 6) is 0. The van der Waals surface area contributed by atoms with Crippen LogP contribution in [0, 0.1) is 13.8 Å². The monoisotopic (exact) mass is 248 g/mol. The predicted molar refractivity (Wildman–Crippen MR) is 79.9 cm³/mol. The second-order valence-electron chi connectivity index (χ2n) is 5.09. The minimum Gasteiger partial charge on any atom is -0.329 e. The van der Waals surface area contributed by atoms with E-state index in [2.05, 4.69) is 50.8 Å². The van der Waals surface area contributed by atoms with Crippen LogP contribution in [-0.4, -0.2) is 24.5 Å². The molecule has 102 valence electrons. The molecule has 2 nitrogen and oxygen atoms in total. The van der Waals surface area contributed by atoms with Gasteiger partial charge in [0.05, 0.1) is 0 Å². The summed E-state index contributed by atoms with van der Waals surface area (Å²) in [7, 11) is 0. The molecule has 18 heavy (non-hydrogen) atoms. The van der Waals surface area contributed by atoms with Crippen molar-refractivity contribution in [1.82, 2.24) is 4.90 Å². The van der Waals surface area contributed by atoms with Crippen LogP contribution in [0.3, 0.4) is 0 Å². The smallest absolute Gasteiger partial charge is 0.0475 e. The summed E-state index contributed by atoms with van der Waals surface area (Å²) in [4.78, 5) is 2.54. The molecule has 0 spiro atoms. The highest BCUT2D eigenvalue weighted by atomic mass is 15.2. The first-order chi connectivity index (χ1) is 8.65. The van der Waals surface area contributed by atoms with Crippen LogP contribution in [0.25, 0.3) is 0 Å². The molecule has 0 aromatic heterocycles. The van der Waals surface area contributed by atoms with Gasteiger partial charge in [0.2, 0.25) is 0 Å². The molecule has 0 amide bonds. The molecule has 1 aromatic rings. The number of hydrogen-bond donors (Lipinski definition) is 1. The average molecular weight is 248 g/mol. The third-order valence-corrected chi connectivity index (χ3v) is 3.56. The molecule has 0 saturated heterocycles. The Balaban J connectivity index is 3.06. The first kappa shape index (κ1) is 15.2. The van der Waals surface area contributed by atoms with Crippen molar-refractivity contribution in [2.75, 3.05) is 19.6 Å². The van der Waals surface area contributed by atoms with E-state index >= 15 is 0 Å². The average Bonchev–Trinajstić information content (AvgIpc) is 2.34. The van der Waals surface area contributed by atoms with E-state index in [0.29, 0.717) is 12.6 Å². The van der Waals surface area contributed by atoms with Crippen molar-refractivity contribution in [2.24, 2.45) is 5.73 Å². The van der Waals surface area contributed by atoms with Crippen molar-refractivity contribution in [3.63, 3.8) is 0 Å². The van der Waals surface area contributed by atoms with Gasteiger partial charge in [-0.1, -0.05) is 32.0 Å². The van der Waals surface area contributed by atoms with Crippen LogP contribution in [0.15, 0.2) is 18.2 Å². The molecule has 0 aliphatic carbocycles. The Bertz CT molecular complexity index is 334. The number of nitrogens with zero attached hydrogens (tertiary/aromatic N) is 1. The minimum atomic E-state index is 0.367. The molecule has 0 heterocycles. The van der Waals surface area contributed by atoms with Gasteiger partial charge >= 0.3 is 0 Å². The van der Waals surface area contributed by atoms with E-state index in [-0.39, 0.29) is 0 Å². The summed E-state index contributed by atoms with van der Waals surface area (Å²) >= 11 is 0. The minimum absolute atomic E-state index is 0.367. The number of aryl methyl sites for hydroxylation is 2. The lowest BCUT2D eigenvalue weighted by atomic mass is 9.94. The van der Waals surface area contributed by atoms with Crippen LogP contribution in [0.4, 0.5) is 0 Å². The highest BCUT2D eigenvalue weighted by Gasteiger charge is 2.20. The van der Waals surface area contributed by atoms with E-state index in [1.807, 2.05) is 0 Å². The summed E-state index contributed by atoms with van der Waals surface area (Å²) in [5.41, 5.74) is 10.2. The molecule has 1 rings (SSSR count). The maximum Gasteiger partial charge on any atom is 0.0475 e. The maximum absolute atomic E-state index is 6.06. The largest absolute Gasteiger partial charge is 0.329 e. The second kappa shape index (κ2) is 7.55. The van der Waals surface area contributed by atoms with Crippen molar-refractivity contribution in [3.05, 3.63) is 34.9 Å². The Morgan fingerprint density at radius 3 is 1.94 bits per heavy atom. The molecular weight excluding hydrogens is 220 g/mol. The fourth-order valence-electron chi connectivity index (χ4n) is 2.80. The van der Waals surface area contributed by atoms with Crippen molar-refractivity contribution in [3.8, 4) is 0 Å². The maximum atomic E-state index is 6.06. The SMILES string of the molecule is CCCN(CCC)C(CN)c1c(C)cccc1C. The van der Waals surface area contributed by atoms with Gasteiger partial charge in [0.1, 0.15) is 0 Å². The lowest BCUT2D eigenvalue weighted by molar-refractivity contribution is 0.201. The highest BCUT2D eigenvalue weighted by Crippen LogP contribution is 2.26. The Hall–Kier alpha value is -0.860. The molecule has 0 aliphatic heterocycles. The standard InChI is InChI=1S/C16H28N2/c1-5-10-18(11-6-2)15(12-17)16-13(3)8-7-9-14(16)4/h7-9,15H,5-6,10-12,17H2,1-4H3. The van der Waals surface area contributed by atoms with Gasteiger partial charge in [-0.25, -0.2) is 0 Å². The number of rotatable bonds is 7. The third kappa shape index (κ3) is 3.56. The summed E-state index contributed by atoms with van der Waals surface area (Å²) < 4.78 is 0. The van der Waals surface area contributed by atoms with Gasteiger partial charge in [0.15, 0.2) is 0 Å². The predicted octanol–water partition coefficient (Wildman–Crippen LogP) is 3.43. The van der Waals surface area contributed by atoms with Gasteiger partial charge in [-0.15, -0.1) is 0 Å². The Morgan fingerprint density at radius 2 is 1.56 bits per heavy atom. The van der Waals surface area contributed by atoms with E-state index < -0.39 is 0 Å². The van der Waals surface area contributed by atoms with Crippen LogP contribution in [0.5, 0.6) is 0 Å². The zero-order valence-electron chi connectivity index (χ0n) is 12.4. The molecule has 0 radical (unpaired) electrons. The van der Waals surface area contributed by atoms with E-state index in [9.17, 15) is 0 Å². The summed E-state index contributed by atoms with van der Waals surface area (Å²) in [6.45, 7) is 11.8. The normalized spacial score (nSPS) is 13.0. The molecule has 0 bridgehead atoms. The fraction of sp³-hybridized carbons (Fsp3) is 0.625. The molecular formula is C16H28N2. The molecule has 0 saturated carbocycles. The Kier molecular flexibility index (Phi) is 6.37. The molecule has 1 unspecified atom stereocenters. The van der Waals surface area contributed by atoms with Crippen LogP contribution in [0.2, 0.25) is 0 Å². The van der Waals surface area contributed by atoms with E-state index in [0.717, 1.165) is 13.1 Å². The topological polar surface area (TPSA) is 29.3 Å². The molecule has 2 N–H and O–H groups in total. The molecule has 1 atom stereocenters. The fourth-order valence-corrected chi connectivity index (χ4v) is 2.80. The van der Waals surface area contributed by atoms with Gasteiger partial charge in [-0.2, -0.15) is 0 Å². The summed E-state index contributed by atoms with van der Waals surface area (Å²) in [6.07, 6.45) is 2.36. The van der Waals surface area contributed by atoms with Gasteiger partial charge in [0, 0.05) is 12.6 Å². The molecule has 1 aromatic carbocycles. The first-order valence-electron chi connectivity index (χ1n) is 7.15. The van der Waals surface area contributed by atoms with Gasteiger partial charge in [-0.05, 0) is 56.5 Å². The number of hydrogen-bond acceptors (Lipinski definition) is 2. The number of benzene rings is 1. The van der Waals surface area contributed by atoms with Crippen LogP contribution < -0.4 is 5.73 Å².